The molecule has 0 aliphatic heterocycles. The number of benzene rings is 2. The first-order valence-electron chi connectivity index (χ1n) is 9.33. The molecule has 1 amide bonds. The number of hydrogen-bond donors (Lipinski definition) is 1. The van der Waals surface area contributed by atoms with E-state index in [2.05, 4.69) is 10.5 Å². The summed E-state index contributed by atoms with van der Waals surface area (Å²) in [5.74, 6) is 0.625. The predicted molar refractivity (Wildman–Crippen MR) is 122 cm³/mol. The number of rotatable bonds is 5. The molecule has 0 saturated heterocycles. The Morgan fingerprint density at radius 3 is 2.68 bits per heavy atom. The van der Waals surface area contributed by atoms with Gasteiger partial charge in [-0.2, -0.15) is 0 Å². The van der Waals surface area contributed by atoms with E-state index in [1.54, 1.807) is 31.6 Å². The second kappa shape index (κ2) is 8.49. The topological polar surface area (TPSA) is 77.5 Å². The monoisotopic (exact) mass is 456 g/mol. The van der Waals surface area contributed by atoms with Gasteiger partial charge in [0.1, 0.15) is 17.6 Å². The highest BCUT2D eigenvalue weighted by atomic mass is 35.5. The number of anilines is 1. The molecule has 6 nitrogen and oxygen atoms in total. The Kier molecular flexibility index (Phi) is 5.76. The van der Waals surface area contributed by atoms with Crippen molar-refractivity contribution in [3.63, 3.8) is 0 Å². The van der Waals surface area contributed by atoms with Crippen LogP contribution in [0.3, 0.4) is 0 Å². The van der Waals surface area contributed by atoms with Crippen molar-refractivity contribution in [3.8, 4) is 16.9 Å². The third kappa shape index (κ3) is 4.04. The van der Waals surface area contributed by atoms with Crippen LogP contribution in [0.25, 0.3) is 27.7 Å². The minimum absolute atomic E-state index is 0.334. The highest BCUT2D eigenvalue weighted by Gasteiger charge is 2.20. The summed E-state index contributed by atoms with van der Waals surface area (Å²) in [6.07, 6.45) is 4.52. The van der Waals surface area contributed by atoms with Gasteiger partial charge in [0.15, 0.2) is 5.82 Å². The molecule has 0 saturated carbocycles. The maximum absolute atomic E-state index is 12.4. The van der Waals surface area contributed by atoms with E-state index in [4.69, 9.17) is 36.9 Å². The van der Waals surface area contributed by atoms with Gasteiger partial charge in [0.2, 0.25) is 5.91 Å². The van der Waals surface area contributed by atoms with Gasteiger partial charge in [-0.05, 0) is 37.6 Å². The van der Waals surface area contributed by atoms with Crippen molar-refractivity contribution in [2.75, 3.05) is 12.4 Å². The Hall–Kier alpha value is -3.22. The molecule has 4 aromatic rings. The molecule has 4 rings (SSSR count). The maximum Gasteiger partial charge on any atom is 0.249 e. The minimum Gasteiger partial charge on any atom is -0.496 e. The Morgan fingerprint density at radius 2 is 2.00 bits per heavy atom. The molecule has 0 unspecified atom stereocenters. The molecule has 158 valence electrons. The number of aryl methyl sites for hydroxylation is 1. The van der Waals surface area contributed by atoms with E-state index < -0.39 is 0 Å². The average Bonchev–Trinajstić information content (AvgIpc) is 3.38. The van der Waals surface area contributed by atoms with Gasteiger partial charge < -0.3 is 19.0 Å². The summed E-state index contributed by atoms with van der Waals surface area (Å²) < 4.78 is 16.2. The molecule has 0 atom stereocenters. The fraction of sp³-hybridized carbons (Fsp3) is 0.130. The summed E-state index contributed by atoms with van der Waals surface area (Å²) in [7, 11) is 1.58. The number of methoxy groups -OCH3 is 1. The standard InChI is InChI=1S/C23H18Cl2N2O4/c1-12(8-21(28)26-20-6-7-31-27-20)16-10-17-18(15-5-4-14(24)9-19(15)25)11-30-23(17)13(2)22(16)29-3/h4-11H,1-3H3,(H,26,27,28)/b12-8+. The number of carbonyl (C=O) groups is 1. The SMILES string of the molecule is COc1c(/C(C)=C/C(=O)Nc2ccon2)cc2c(-c3ccc(Cl)cc3Cl)coc2c1C. The van der Waals surface area contributed by atoms with Crippen LogP contribution in [0.4, 0.5) is 5.82 Å². The zero-order valence-electron chi connectivity index (χ0n) is 17.0. The quantitative estimate of drug-likeness (QED) is 0.335. The van der Waals surface area contributed by atoms with Crippen LogP contribution >= 0.6 is 23.2 Å². The minimum atomic E-state index is -0.334. The van der Waals surface area contributed by atoms with E-state index in [0.717, 1.165) is 27.6 Å². The number of allylic oxidation sites excluding steroid dienone is 1. The van der Waals surface area contributed by atoms with Crippen molar-refractivity contribution in [2.45, 2.75) is 13.8 Å². The van der Waals surface area contributed by atoms with Gasteiger partial charge in [-0.3, -0.25) is 4.79 Å². The molecule has 0 spiro atoms. The Bertz CT molecular complexity index is 1310. The molecule has 2 heterocycles. The molecule has 1 N–H and O–H groups in total. The van der Waals surface area contributed by atoms with Gasteiger partial charge in [0.25, 0.3) is 0 Å². The number of ether oxygens (including phenoxy) is 1. The van der Waals surface area contributed by atoms with Gasteiger partial charge in [-0.25, -0.2) is 0 Å². The second-order valence-electron chi connectivity index (χ2n) is 6.93. The Morgan fingerprint density at radius 1 is 1.19 bits per heavy atom. The van der Waals surface area contributed by atoms with Crippen molar-refractivity contribution >= 4 is 51.5 Å². The number of aromatic nitrogens is 1. The van der Waals surface area contributed by atoms with Crippen molar-refractivity contribution < 1.29 is 18.5 Å². The van der Waals surface area contributed by atoms with Crippen LogP contribution in [-0.4, -0.2) is 18.2 Å². The van der Waals surface area contributed by atoms with Crippen LogP contribution in [0.5, 0.6) is 5.75 Å². The van der Waals surface area contributed by atoms with E-state index in [0.29, 0.717) is 32.8 Å². The molecule has 2 aromatic carbocycles. The van der Waals surface area contributed by atoms with Crippen LogP contribution < -0.4 is 10.1 Å². The van der Waals surface area contributed by atoms with Crippen LogP contribution in [0.1, 0.15) is 18.1 Å². The number of halogens is 2. The Balaban J connectivity index is 1.83. The smallest absolute Gasteiger partial charge is 0.249 e. The van der Waals surface area contributed by atoms with Crippen molar-refractivity contribution in [2.24, 2.45) is 0 Å². The van der Waals surface area contributed by atoms with Crippen molar-refractivity contribution in [1.82, 2.24) is 5.16 Å². The zero-order chi connectivity index (χ0) is 22.1. The maximum atomic E-state index is 12.4. The van der Waals surface area contributed by atoms with Crippen LogP contribution in [0, 0.1) is 6.92 Å². The summed E-state index contributed by atoms with van der Waals surface area (Å²) in [6.45, 7) is 3.74. The third-order valence-electron chi connectivity index (χ3n) is 4.93. The van der Waals surface area contributed by atoms with E-state index in [1.165, 1.54) is 12.3 Å². The number of amides is 1. The van der Waals surface area contributed by atoms with E-state index >= 15 is 0 Å². The summed E-state index contributed by atoms with van der Waals surface area (Å²) >= 11 is 12.5. The van der Waals surface area contributed by atoms with Gasteiger partial charge in [-0.1, -0.05) is 34.4 Å². The van der Waals surface area contributed by atoms with E-state index in [9.17, 15) is 4.79 Å². The van der Waals surface area contributed by atoms with Gasteiger partial charge in [-0.15, -0.1) is 0 Å². The molecule has 0 bridgehead atoms. The first-order valence-corrected chi connectivity index (χ1v) is 10.1. The lowest BCUT2D eigenvalue weighted by Crippen LogP contribution is -2.09. The number of hydrogen-bond acceptors (Lipinski definition) is 5. The molecule has 0 aliphatic rings. The van der Waals surface area contributed by atoms with Crippen LogP contribution in [-0.2, 0) is 4.79 Å². The molecule has 2 aromatic heterocycles. The van der Waals surface area contributed by atoms with Gasteiger partial charge in [0.05, 0.1) is 18.4 Å². The van der Waals surface area contributed by atoms with Crippen LogP contribution in [0.15, 0.2) is 57.9 Å². The first kappa shape index (κ1) is 21.0. The highest BCUT2D eigenvalue weighted by Crippen LogP contribution is 2.42. The predicted octanol–water partition coefficient (Wildman–Crippen LogP) is 6.75. The van der Waals surface area contributed by atoms with Gasteiger partial charge >= 0.3 is 0 Å². The van der Waals surface area contributed by atoms with E-state index in [1.807, 2.05) is 26.0 Å². The molecule has 0 fully saturated rings. The summed E-state index contributed by atoms with van der Waals surface area (Å²) in [6, 6.07) is 8.81. The number of nitrogens with one attached hydrogen (secondary N) is 1. The highest BCUT2D eigenvalue weighted by molar-refractivity contribution is 6.36. The number of furan rings is 1. The fourth-order valence-electron chi connectivity index (χ4n) is 3.50. The number of carbonyl (C=O) groups excluding carboxylic acids is 1. The average molecular weight is 457 g/mol. The normalized spacial score (nSPS) is 11.7. The first-order chi connectivity index (χ1) is 14.9. The third-order valence-corrected chi connectivity index (χ3v) is 5.48. The number of fused-ring (bicyclic) bond motifs is 1. The summed E-state index contributed by atoms with van der Waals surface area (Å²) in [5, 5.41) is 8.25. The molecule has 0 radical (unpaired) electrons. The lowest BCUT2D eigenvalue weighted by molar-refractivity contribution is -0.111. The fourth-order valence-corrected chi connectivity index (χ4v) is 4.01. The summed E-state index contributed by atoms with van der Waals surface area (Å²) in [4.78, 5) is 12.4. The summed E-state index contributed by atoms with van der Waals surface area (Å²) in [5.41, 5.74) is 4.58. The molecule has 0 aliphatic carbocycles. The lowest BCUT2D eigenvalue weighted by Gasteiger charge is -2.13. The Labute approximate surface area is 188 Å². The second-order valence-corrected chi connectivity index (χ2v) is 7.78. The number of nitrogens with zero attached hydrogens (tertiary/aromatic N) is 1. The lowest BCUT2D eigenvalue weighted by atomic mass is 9.96. The van der Waals surface area contributed by atoms with E-state index in [-0.39, 0.29) is 5.91 Å². The van der Waals surface area contributed by atoms with Crippen LogP contribution in [0.2, 0.25) is 10.0 Å². The largest absolute Gasteiger partial charge is 0.496 e. The molecule has 31 heavy (non-hydrogen) atoms. The van der Waals surface area contributed by atoms with Gasteiger partial charge in [0, 0.05) is 44.8 Å². The molecular weight excluding hydrogens is 439 g/mol. The zero-order valence-corrected chi connectivity index (χ0v) is 18.5. The molecular formula is C23H18Cl2N2O4. The molecule has 8 heteroatoms. The van der Waals surface area contributed by atoms with Crippen molar-refractivity contribution in [3.05, 3.63) is 70.1 Å². The van der Waals surface area contributed by atoms with Crippen molar-refractivity contribution in [1.29, 1.82) is 0 Å².